The van der Waals surface area contributed by atoms with Gasteiger partial charge in [-0.2, -0.15) is 0 Å². The predicted molar refractivity (Wildman–Crippen MR) is 160 cm³/mol. The maximum absolute atomic E-state index is 16.0. The maximum Gasteiger partial charge on any atom is 0.238 e. The number of aliphatic hydroxyl groups is 1. The zero-order chi connectivity index (χ0) is 30.7. The van der Waals surface area contributed by atoms with Gasteiger partial charge in [-0.05, 0) is 66.8 Å². The van der Waals surface area contributed by atoms with Crippen LogP contribution in [0.15, 0.2) is 30.5 Å². The van der Waals surface area contributed by atoms with Gasteiger partial charge in [0, 0.05) is 35.5 Å². The maximum atomic E-state index is 16.0. The predicted octanol–water partition coefficient (Wildman–Crippen LogP) is 4.09. The zero-order valence-electron chi connectivity index (χ0n) is 24.4. The lowest BCUT2D eigenvalue weighted by Crippen LogP contribution is -2.61. The molecule has 1 aliphatic carbocycles. The number of amides is 2. The van der Waals surface area contributed by atoms with E-state index in [1.165, 1.54) is 19.4 Å². The molecule has 2 aromatic rings. The summed E-state index contributed by atoms with van der Waals surface area (Å²) in [6, 6.07) is 5.34. The van der Waals surface area contributed by atoms with Crippen LogP contribution < -0.4 is 16.0 Å². The summed E-state index contributed by atoms with van der Waals surface area (Å²) in [5, 5.41) is 19.6. The molecule has 0 bridgehead atoms. The number of ether oxygens (including phenoxy) is 2. The van der Waals surface area contributed by atoms with Crippen LogP contribution in [0.1, 0.15) is 63.0 Å². The molecule has 0 unspecified atom stereocenters. The van der Waals surface area contributed by atoms with E-state index in [1.807, 2.05) is 6.07 Å². The van der Waals surface area contributed by atoms with Crippen molar-refractivity contribution in [2.45, 2.75) is 87.1 Å². The smallest absolute Gasteiger partial charge is 0.238 e. The first-order valence-electron chi connectivity index (χ1n) is 14.7. The Morgan fingerprint density at radius 1 is 1.23 bits per heavy atom. The molecule has 4 N–H and O–H groups in total. The molecule has 1 aromatic heterocycles. The van der Waals surface area contributed by atoms with E-state index in [0.29, 0.717) is 35.5 Å². The van der Waals surface area contributed by atoms with Crippen molar-refractivity contribution < 1.29 is 28.6 Å². The Balaban J connectivity index is 1.49. The van der Waals surface area contributed by atoms with Crippen molar-refractivity contribution in [1.82, 2.24) is 15.6 Å². The molecule has 232 valence electrons. The number of rotatable bonds is 5. The van der Waals surface area contributed by atoms with Crippen LogP contribution in [0, 0.1) is 11.2 Å². The monoisotopic (exact) mass is 634 g/mol. The van der Waals surface area contributed by atoms with Gasteiger partial charge in [0.05, 0.1) is 31.4 Å². The molecule has 6 rings (SSSR count). The first-order valence-corrected chi connectivity index (χ1v) is 15.5. The summed E-state index contributed by atoms with van der Waals surface area (Å²) in [6.07, 6.45) is 3.70. The second-order valence-corrected chi connectivity index (χ2v) is 13.9. The third kappa shape index (κ3) is 4.85. The third-order valence-corrected chi connectivity index (χ3v) is 10.7. The third-order valence-electron chi connectivity index (χ3n) is 10.2. The first kappa shape index (κ1) is 30.7. The van der Waals surface area contributed by atoms with Gasteiger partial charge in [-0.1, -0.05) is 43.1 Å². The summed E-state index contributed by atoms with van der Waals surface area (Å²) in [4.78, 5) is 32.8. The average Bonchev–Trinajstić information content (AvgIpc) is 3.44. The molecule has 6 atom stereocenters. The van der Waals surface area contributed by atoms with Gasteiger partial charge in [-0.25, -0.2) is 9.37 Å². The van der Waals surface area contributed by atoms with E-state index < -0.39 is 47.0 Å². The van der Waals surface area contributed by atoms with E-state index in [-0.39, 0.29) is 41.2 Å². The molecule has 1 saturated carbocycles. The molecular weight excluding hydrogens is 598 g/mol. The average molecular weight is 636 g/mol. The number of fused-ring (bicyclic) bond motifs is 3. The number of aromatic nitrogens is 1. The topological polar surface area (TPSA) is 122 Å². The number of carbonyl (C=O) groups is 2. The standard InChI is InChI=1S/C31H37Cl2FN4O5/c1-29(2)7-9-30(10-8-29)31(19-5-4-16(32)12-20(19)37-28(31)41)23(18-6-11-35-26(33)24(18)34)25(38-30)27(40)36-17-13-21(42-3)22(14-39)43-15-17/h4-6,11-12,17,21-23,25,38-39H,7-10,13-15H2,1-3H3,(H,36,40)(H,37,41)/t17-,21-,22-,23+,25-,31-/m1/s1. The number of methoxy groups -OCH3 is 1. The number of pyridine rings is 1. The number of hydrogen-bond acceptors (Lipinski definition) is 7. The van der Waals surface area contributed by atoms with Crippen molar-refractivity contribution in [3.63, 3.8) is 0 Å². The number of nitrogens with zero attached hydrogens (tertiary/aromatic N) is 1. The van der Waals surface area contributed by atoms with E-state index in [1.54, 1.807) is 12.1 Å². The highest BCUT2D eigenvalue weighted by molar-refractivity contribution is 6.31. The number of benzene rings is 1. The molecule has 4 heterocycles. The number of halogens is 3. The van der Waals surface area contributed by atoms with Crippen LogP contribution >= 0.6 is 23.2 Å². The van der Waals surface area contributed by atoms with Crippen LogP contribution in [0.5, 0.6) is 0 Å². The summed E-state index contributed by atoms with van der Waals surface area (Å²) < 4.78 is 27.3. The summed E-state index contributed by atoms with van der Waals surface area (Å²) in [5.74, 6) is -2.43. The number of hydrogen-bond donors (Lipinski definition) is 4. The zero-order valence-corrected chi connectivity index (χ0v) is 25.9. The molecular formula is C31H37Cl2FN4O5. The lowest BCUT2D eigenvalue weighted by atomic mass is 9.53. The normalized spacial score (nSPS) is 32.5. The number of anilines is 1. The van der Waals surface area contributed by atoms with E-state index >= 15 is 4.39 Å². The molecule has 2 saturated heterocycles. The van der Waals surface area contributed by atoms with Gasteiger partial charge in [0.15, 0.2) is 11.0 Å². The highest BCUT2D eigenvalue weighted by Crippen LogP contribution is 2.64. The van der Waals surface area contributed by atoms with E-state index in [0.717, 1.165) is 12.8 Å². The fourth-order valence-electron chi connectivity index (χ4n) is 7.98. The Hall–Kier alpha value is -2.34. The molecule has 3 fully saturated rings. The Labute approximate surface area is 260 Å². The number of nitrogens with one attached hydrogen (secondary N) is 3. The van der Waals surface area contributed by atoms with Crippen LogP contribution in [-0.4, -0.2) is 72.1 Å². The summed E-state index contributed by atoms with van der Waals surface area (Å²) in [6.45, 7) is 4.37. The molecule has 2 amide bonds. The van der Waals surface area contributed by atoms with Gasteiger partial charge in [-0.3, -0.25) is 14.9 Å². The quantitative estimate of drug-likeness (QED) is 0.366. The second-order valence-electron chi connectivity index (χ2n) is 13.1. The van der Waals surface area contributed by atoms with Crippen LogP contribution in [-0.2, 0) is 24.5 Å². The fraction of sp³-hybridized carbons (Fsp3) is 0.581. The van der Waals surface area contributed by atoms with Gasteiger partial charge >= 0.3 is 0 Å². The van der Waals surface area contributed by atoms with Crippen LogP contribution in [0.3, 0.4) is 0 Å². The van der Waals surface area contributed by atoms with Crippen molar-refractivity contribution in [1.29, 1.82) is 0 Å². The molecule has 12 heteroatoms. The van der Waals surface area contributed by atoms with Crippen molar-refractivity contribution >= 4 is 40.7 Å². The minimum Gasteiger partial charge on any atom is -0.394 e. The molecule has 3 aliphatic heterocycles. The van der Waals surface area contributed by atoms with Crippen LogP contribution in [0.4, 0.5) is 10.1 Å². The van der Waals surface area contributed by atoms with E-state index in [9.17, 15) is 14.7 Å². The van der Waals surface area contributed by atoms with Crippen molar-refractivity contribution in [2.75, 3.05) is 25.6 Å². The van der Waals surface area contributed by atoms with Gasteiger partial charge in [0.1, 0.15) is 11.5 Å². The highest BCUT2D eigenvalue weighted by atomic mass is 35.5. The van der Waals surface area contributed by atoms with Gasteiger partial charge in [-0.15, -0.1) is 0 Å². The minimum atomic E-state index is -1.35. The Kier molecular flexibility index (Phi) is 8.01. The summed E-state index contributed by atoms with van der Waals surface area (Å²) >= 11 is 12.6. The minimum absolute atomic E-state index is 0.0327. The van der Waals surface area contributed by atoms with Gasteiger partial charge in [0.25, 0.3) is 0 Å². The summed E-state index contributed by atoms with van der Waals surface area (Å²) in [5.41, 5.74) is -0.827. The number of aliphatic hydroxyl groups excluding tert-OH is 1. The molecule has 2 spiro atoms. The van der Waals surface area contributed by atoms with Gasteiger partial charge < -0.3 is 25.2 Å². The summed E-state index contributed by atoms with van der Waals surface area (Å²) in [7, 11) is 1.53. The van der Waals surface area contributed by atoms with Crippen LogP contribution in [0.2, 0.25) is 10.2 Å². The second kappa shape index (κ2) is 11.2. The molecule has 4 aliphatic rings. The fourth-order valence-corrected chi connectivity index (χ4v) is 8.32. The lowest BCUT2D eigenvalue weighted by Gasteiger charge is -2.50. The first-order chi connectivity index (χ1) is 20.5. The highest BCUT2D eigenvalue weighted by Gasteiger charge is 2.73. The molecule has 0 radical (unpaired) electrons. The van der Waals surface area contributed by atoms with Crippen molar-refractivity contribution in [2.24, 2.45) is 5.41 Å². The van der Waals surface area contributed by atoms with E-state index in [4.69, 9.17) is 32.7 Å². The molecule has 43 heavy (non-hydrogen) atoms. The molecule has 9 nitrogen and oxygen atoms in total. The van der Waals surface area contributed by atoms with Crippen molar-refractivity contribution in [3.05, 3.63) is 57.6 Å². The number of carbonyl (C=O) groups excluding carboxylic acids is 2. The lowest BCUT2D eigenvalue weighted by molar-refractivity contribution is -0.134. The van der Waals surface area contributed by atoms with Gasteiger partial charge in [0.2, 0.25) is 11.8 Å². The van der Waals surface area contributed by atoms with Crippen LogP contribution in [0.25, 0.3) is 0 Å². The van der Waals surface area contributed by atoms with E-state index in [2.05, 4.69) is 34.8 Å². The largest absolute Gasteiger partial charge is 0.394 e. The Morgan fingerprint density at radius 3 is 2.67 bits per heavy atom. The van der Waals surface area contributed by atoms with Crippen molar-refractivity contribution in [3.8, 4) is 0 Å². The Bertz CT molecular complexity index is 1430. The SMILES string of the molecule is CO[C@@H]1C[C@@H](NC(=O)[C@@H]2NC3(CCC(C)(C)CC3)[C@@]3(C(=O)Nc4cc(Cl)ccc43)[C@H]2c2ccnc(Cl)c2F)CO[C@@H]1CO. The molecule has 1 aromatic carbocycles. The Morgan fingerprint density at radius 2 is 1.98 bits per heavy atom.